The zero-order valence-corrected chi connectivity index (χ0v) is 28.2. The molecular weight excluding hydrogens is 544 g/mol. The predicted molar refractivity (Wildman–Crippen MR) is 193 cm³/mol. The minimum Gasteiger partial charge on any atom is -0.256 e. The van der Waals surface area contributed by atoms with Crippen LogP contribution in [0.15, 0.2) is 103 Å². The second-order valence-corrected chi connectivity index (χ2v) is 14.6. The summed E-state index contributed by atoms with van der Waals surface area (Å²) < 4.78 is 0. The number of rotatable bonds is 4. The molecule has 2 aromatic heterocycles. The number of nitrogens with zero attached hydrogens (tertiary/aromatic N) is 2. The first-order chi connectivity index (χ1) is 21.3. The number of hydrogen-bond donors (Lipinski definition) is 0. The molecule has 0 atom stereocenters. The Labute approximate surface area is 269 Å². The first-order valence-corrected chi connectivity index (χ1v) is 16.0. The van der Waals surface area contributed by atoms with Crippen molar-refractivity contribution in [2.75, 3.05) is 0 Å². The van der Waals surface area contributed by atoms with Gasteiger partial charge in [-0.3, -0.25) is 9.97 Å². The Morgan fingerprint density at radius 2 is 1.13 bits per heavy atom. The van der Waals surface area contributed by atoms with Gasteiger partial charge in [0.05, 0.1) is 11.4 Å². The molecule has 2 heteroatoms. The first-order valence-electron chi connectivity index (χ1n) is 16.0. The van der Waals surface area contributed by atoms with Gasteiger partial charge >= 0.3 is 0 Å². The van der Waals surface area contributed by atoms with Crippen LogP contribution in [0.25, 0.3) is 55.5 Å². The Balaban J connectivity index is 1.53. The molecule has 0 bridgehead atoms. The summed E-state index contributed by atoms with van der Waals surface area (Å²) >= 11 is 0. The van der Waals surface area contributed by atoms with E-state index < -0.39 is 0 Å². The summed E-state index contributed by atoms with van der Waals surface area (Å²) in [7, 11) is 0. The SMILES string of the molecule is Cc1cc(C)c(-c2ccnc(-c3cc(C(C)(C)C)c4cccc(-c5cccc(-c6cc(C(C)(C)C)ccn6)c5)c4c3)c2)c(C)c1. The maximum absolute atomic E-state index is 4.92. The van der Waals surface area contributed by atoms with E-state index in [1.165, 1.54) is 60.8 Å². The highest BCUT2D eigenvalue weighted by atomic mass is 14.7. The Morgan fingerprint density at radius 3 is 1.82 bits per heavy atom. The number of benzene rings is 4. The minimum absolute atomic E-state index is 0.0478. The summed E-state index contributed by atoms with van der Waals surface area (Å²) in [6.45, 7) is 20.2. The molecule has 2 nitrogen and oxygen atoms in total. The van der Waals surface area contributed by atoms with Gasteiger partial charge in [0.25, 0.3) is 0 Å². The highest BCUT2D eigenvalue weighted by Gasteiger charge is 2.21. The van der Waals surface area contributed by atoms with Crippen molar-refractivity contribution in [2.24, 2.45) is 0 Å². The Morgan fingerprint density at radius 1 is 0.489 bits per heavy atom. The van der Waals surface area contributed by atoms with E-state index in [9.17, 15) is 0 Å². The van der Waals surface area contributed by atoms with E-state index >= 15 is 0 Å². The number of hydrogen-bond acceptors (Lipinski definition) is 2. The minimum atomic E-state index is -0.0478. The van der Waals surface area contributed by atoms with Crippen LogP contribution in [0.3, 0.4) is 0 Å². The number of fused-ring (bicyclic) bond motifs is 1. The Hall–Kier alpha value is -4.56. The van der Waals surface area contributed by atoms with Crippen LogP contribution in [0.4, 0.5) is 0 Å². The molecule has 4 aromatic carbocycles. The Bertz CT molecular complexity index is 2030. The normalized spacial score (nSPS) is 12.1. The maximum Gasteiger partial charge on any atom is 0.0708 e. The van der Waals surface area contributed by atoms with Gasteiger partial charge in [0.15, 0.2) is 0 Å². The van der Waals surface area contributed by atoms with Gasteiger partial charge < -0.3 is 0 Å². The molecule has 0 aliphatic carbocycles. The lowest BCUT2D eigenvalue weighted by atomic mass is 9.80. The highest BCUT2D eigenvalue weighted by molar-refractivity contribution is 6.01. The van der Waals surface area contributed by atoms with Crippen molar-refractivity contribution in [1.82, 2.24) is 9.97 Å². The van der Waals surface area contributed by atoms with Crippen LogP contribution >= 0.6 is 0 Å². The highest BCUT2D eigenvalue weighted by Crippen LogP contribution is 2.40. The van der Waals surface area contributed by atoms with Gasteiger partial charge in [-0.1, -0.05) is 95.6 Å². The zero-order valence-electron chi connectivity index (χ0n) is 28.2. The van der Waals surface area contributed by atoms with Crippen molar-refractivity contribution < 1.29 is 0 Å². The molecule has 0 aliphatic heterocycles. The van der Waals surface area contributed by atoms with Crippen molar-refractivity contribution in [3.8, 4) is 44.8 Å². The second-order valence-electron chi connectivity index (χ2n) is 14.6. The van der Waals surface area contributed by atoms with Gasteiger partial charge in [0.1, 0.15) is 0 Å². The van der Waals surface area contributed by atoms with Crippen LogP contribution in [0.1, 0.15) is 69.4 Å². The Kier molecular flexibility index (Phi) is 7.73. The predicted octanol–water partition coefficient (Wildman–Crippen LogP) is 11.8. The third-order valence-electron chi connectivity index (χ3n) is 8.92. The van der Waals surface area contributed by atoms with E-state index in [0.29, 0.717) is 0 Å². The lowest BCUT2D eigenvalue weighted by molar-refractivity contribution is 0.589. The van der Waals surface area contributed by atoms with Crippen LogP contribution < -0.4 is 0 Å². The number of aryl methyl sites for hydroxylation is 3. The second kappa shape index (κ2) is 11.4. The van der Waals surface area contributed by atoms with Crippen molar-refractivity contribution in [3.05, 3.63) is 131 Å². The van der Waals surface area contributed by atoms with Crippen LogP contribution in [-0.2, 0) is 10.8 Å². The van der Waals surface area contributed by atoms with E-state index in [1.54, 1.807) is 0 Å². The van der Waals surface area contributed by atoms with E-state index in [-0.39, 0.29) is 10.8 Å². The molecule has 2 heterocycles. The lowest BCUT2D eigenvalue weighted by Gasteiger charge is -2.24. The molecule has 6 rings (SSSR count). The van der Waals surface area contributed by atoms with Crippen LogP contribution in [0.2, 0.25) is 0 Å². The molecule has 0 fully saturated rings. The zero-order chi connectivity index (χ0) is 32.1. The largest absolute Gasteiger partial charge is 0.256 e. The molecule has 6 aromatic rings. The molecule has 0 amide bonds. The van der Waals surface area contributed by atoms with E-state index in [2.05, 4.69) is 153 Å². The maximum atomic E-state index is 4.92. The molecule has 226 valence electrons. The van der Waals surface area contributed by atoms with Crippen LogP contribution in [0.5, 0.6) is 0 Å². The molecule has 0 N–H and O–H groups in total. The van der Waals surface area contributed by atoms with Gasteiger partial charge in [-0.2, -0.15) is 0 Å². The molecule has 0 saturated carbocycles. The van der Waals surface area contributed by atoms with E-state index in [1.807, 2.05) is 12.4 Å². The fraction of sp³-hybridized carbons (Fsp3) is 0.256. The summed E-state index contributed by atoms with van der Waals surface area (Å²) in [4.78, 5) is 9.68. The third-order valence-corrected chi connectivity index (χ3v) is 8.92. The van der Waals surface area contributed by atoms with Crippen molar-refractivity contribution >= 4 is 10.8 Å². The lowest BCUT2D eigenvalue weighted by Crippen LogP contribution is -2.12. The fourth-order valence-corrected chi connectivity index (χ4v) is 6.69. The average Bonchev–Trinajstić information content (AvgIpc) is 2.99. The summed E-state index contributed by atoms with van der Waals surface area (Å²) in [5.41, 5.74) is 15.7. The smallest absolute Gasteiger partial charge is 0.0708 e. The molecule has 0 radical (unpaired) electrons. The quantitative estimate of drug-likeness (QED) is 0.205. The first kappa shape index (κ1) is 30.5. The molecule has 0 spiro atoms. The monoisotopic (exact) mass is 588 g/mol. The van der Waals surface area contributed by atoms with E-state index in [4.69, 9.17) is 9.97 Å². The molecule has 0 unspecified atom stereocenters. The topological polar surface area (TPSA) is 25.8 Å². The molecular formula is C43H44N2. The van der Waals surface area contributed by atoms with Crippen molar-refractivity contribution in [3.63, 3.8) is 0 Å². The molecule has 0 saturated heterocycles. The standard InChI is InChI=1S/C43H44N2/c1-27-20-28(2)41(29(3)21-27)32-16-18-44-39(25-32)33-23-37-35(14-11-15-36(37)38(24-33)43(7,8)9)30-12-10-13-31(22-30)40-26-34(17-19-45-40)42(4,5)6/h10-26H,1-9H3. The fourth-order valence-electron chi connectivity index (χ4n) is 6.69. The van der Waals surface area contributed by atoms with Gasteiger partial charge in [0.2, 0.25) is 0 Å². The van der Waals surface area contributed by atoms with Crippen molar-refractivity contribution in [1.29, 1.82) is 0 Å². The average molecular weight is 589 g/mol. The summed E-state index contributed by atoms with van der Waals surface area (Å²) in [6, 6.07) is 33.5. The van der Waals surface area contributed by atoms with Gasteiger partial charge in [-0.05, 0) is 129 Å². The van der Waals surface area contributed by atoms with Gasteiger partial charge in [-0.15, -0.1) is 0 Å². The molecule has 45 heavy (non-hydrogen) atoms. The van der Waals surface area contributed by atoms with Gasteiger partial charge in [-0.25, -0.2) is 0 Å². The summed E-state index contributed by atoms with van der Waals surface area (Å²) in [5.74, 6) is 0. The van der Waals surface area contributed by atoms with Crippen molar-refractivity contribution in [2.45, 2.75) is 73.1 Å². The number of aromatic nitrogens is 2. The number of pyridine rings is 2. The summed E-state index contributed by atoms with van der Waals surface area (Å²) in [5, 5.41) is 2.52. The van der Waals surface area contributed by atoms with Gasteiger partial charge in [0, 0.05) is 23.5 Å². The van der Waals surface area contributed by atoms with E-state index in [0.717, 1.165) is 22.5 Å². The summed E-state index contributed by atoms with van der Waals surface area (Å²) in [6.07, 6.45) is 3.89. The molecule has 0 aliphatic rings. The van der Waals surface area contributed by atoms with Crippen LogP contribution in [-0.4, -0.2) is 9.97 Å². The third kappa shape index (κ3) is 6.07. The van der Waals surface area contributed by atoms with Crippen LogP contribution in [0, 0.1) is 20.8 Å².